The Hall–Kier alpha value is -0.146. The summed E-state index contributed by atoms with van der Waals surface area (Å²) in [6.45, 7) is 0. The molecule has 0 radical (unpaired) electrons. The molecule has 0 spiro atoms. The summed E-state index contributed by atoms with van der Waals surface area (Å²) in [6.07, 6.45) is 3.95. The van der Waals surface area contributed by atoms with E-state index in [4.69, 9.17) is 0 Å². The second kappa shape index (κ2) is 6.33. The van der Waals surface area contributed by atoms with Crippen molar-refractivity contribution in [1.82, 2.24) is 9.97 Å². The quantitative estimate of drug-likeness (QED) is 0.499. The molecule has 13 heavy (non-hydrogen) atoms. The van der Waals surface area contributed by atoms with Crippen LogP contribution in [0.1, 0.15) is 0 Å². The van der Waals surface area contributed by atoms with E-state index in [0.717, 1.165) is 0 Å². The maximum atomic E-state index is 3.21. The Morgan fingerprint density at radius 3 is 1.62 bits per heavy atom. The standard InChI is InChI=1S/2C4H4N.2ClH.Ti/c2*1-2-4-5-3-1;;;/h2*1-3,5H;2*1H;/q;;;;+2/p-2. The van der Waals surface area contributed by atoms with E-state index in [1.165, 1.54) is 8.00 Å². The van der Waals surface area contributed by atoms with Crippen LogP contribution in [0, 0.1) is 0 Å². The second-order valence-electron chi connectivity index (χ2n) is 2.29. The van der Waals surface area contributed by atoms with Crippen molar-refractivity contribution in [1.29, 1.82) is 0 Å². The van der Waals surface area contributed by atoms with E-state index < -0.39 is 0 Å². The van der Waals surface area contributed by atoms with E-state index in [0.29, 0.717) is 0 Å². The van der Waals surface area contributed by atoms with Crippen LogP contribution in [0.25, 0.3) is 0 Å². The van der Waals surface area contributed by atoms with Crippen LogP contribution >= 0.6 is 0 Å². The van der Waals surface area contributed by atoms with Crippen LogP contribution in [-0.4, -0.2) is 9.97 Å². The van der Waals surface area contributed by atoms with Crippen LogP contribution in [0.2, 0.25) is 0 Å². The summed E-state index contributed by atoms with van der Waals surface area (Å²) >= 11 is -0.139. The van der Waals surface area contributed by atoms with Crippen molar-refractivity contribution in [3.8, 4) is 0 Å². The molecular formula is C8H8Cl2N2Ti. The molecule has 0 unspecified atom stereocenters. The molecule has 0 saturated carbocycles. The Bertz CT molecular complexity index is 273. The predicted molar refractivity (Wildman–Crippen MR) is 40.9 cm³/mol. The molecule has 0 saturated heterocycles. The molecule has 2 heterocycles. The summed E-state index contributed by atoms with van der Waals surface area (Å²) in [5, 5.41) is 0. The zero-order valence-corrected chi connectivity index (χ0v) is 9.79. The molecule has 2 aromatic rings. The Labute approximate surface area is 98.3 Å². The van der Waals surface area contributed by atoms with Gasteiger partial charge in [-0.05, 0) is 0 Å². The summed E-state index contributed by atoms with van der Waals surface area (Å²) in [6, 6.07) is 8.37. The number of H-pyrrole nitrogens is 2. The molecule has 0 aliphatic heterocycles. The van der Waals surface area contributed by atoms with Gasteiger partial charge in [0, 0.05) is 0 Å². The molecule has 2 aromatic heterocycles. The molecule has 2 rings (SSSR count). The fourth-order valence-corrected chi connectivity index (χ4v) is 2.46. The number of nitrogens with one attached hydrogen (secondary N) is 2. The van der Waals surface area contributed by atoms with Gasteiger partial charge in [-0.3, -0.25) is 0 Å². The summed E-state index contributed by atoms with van der Waals surface area (Å²) in [4.78, 5) is 6.42. The third-order valence-corrected chi connectivity index (χ3v) is 3.28. The van der Waals surface area contributed by atoms with Crippen molar-refractivity contribution >= 4 is 8.00 Å². The average Bonchev–Trinajstić information content (AvgIpc) is 2.60. The monoisotopic (exact) mass is 250 g/mol. The molecule has 0 atom stereocenters. The van der Waals surface area contributed by atoms with Crippen molar-refractivity contribution in [2.45, 2.75) is 0 Å². The van der Waals surface area contributed by atoms with E-state index in [1.54, 1.807) is 0 Å². The molecule has 0 bridgehead atoms. The Kier molecular flexibility index (Phi) is 6.26. The van der Waals surface area contributed by atoms with Crippen molar-refractivity contribution in [3.63, 3.8) is 0 Å². The second-order valence-corrected chi connectivity index (χ2v) is 4.37. The molecule has 0 amide bonds. The third kappa shape index (κ3) is 3.61. The minimum atomic E-state index is -0.139. The SMILES string of the molecule is [Cl-].[Cl-].c1c[nH][c]([Ti+2][c]2ccc[nH]2)c1. The van der Waals surface area contributed by atoms with Gasteiger partial charge in [0.05, 0.1) is 0 Å². The maximum absolute atomic E-state index is 3.21. The van der Waals surface area contributed by atoms with Gasteiger partial charge in [-0.25, -0.2) is 0 Å². The van der Waals surface area contributed by atoms with E-state index >= 15 is 0 Å². The average molecular weight is 251 g/mol. The first-order valence-electron chi connectivity index (χ1n) is 3.49. The number of hydrogen-bond acceptors (Lipinski definition) is 0. The summed E-state index contributed by atoms with van der Waals surface area (Å²) < 4.78 is 2.74. The third-order valence-electron chi connectivity index (χ3n) is 1.47. The van der Waals surface area contributed by atoms with Gasteiger partial charge >= 0.3 is 73.8 Å². The van der Waals surface area contributed by atoms with Crippen LogP contribution in [0.15, 0.2) is 36.7 Å². The van der Waals surface area contributed by atoms with Crippen LogP contribution in [0.3, 0.4) is 0 Å². The zero-order valence-electron chi connectivity index (χ0n) is 6.72. The molecule has 0 aliphatic carbocycles. The van der Waals surface area contributed by atoms with E-state index in [-0.39, 0.29) is 44.0 Å². The molecular weight excluding hydrogens is 243 g/mol. The van der Waals surface area contributed by atoms with Crippen LogP contribution < -0.4 is 32.8 Å². The molecule has 0 aliphatic rings. The molecule has 2 nitrogen and oxygen atoms in total. The Morgan fingerprint density at radius 2 is 1.31 bits per heavy atom. The number of rotatable bonds is 2. The van der Waals surface area contributed by atoms with Crippen molar-refractivity contribution in [2.24, 2.45) is 0 Å². The van der Waals surface area contributed by atoms with Gasteiger partial charge in [0.15, 0.2) is 0 Å². The summed E-state index contributed by atoms with van der Waals surface area (Å²) in [5.41, 5.74) is 0. The first kappa shape index (κ1) is 12.9. The first-order chi connectivity index (χ1) is 5.45. The van der Waals surface area contributed by atoms with Gasteiger partial charge in [0.25, 0.3) is 0 Å². The van der Waals surface area contributed by atoms with Gasteiger partial charge < -0.3 is 24.8 Å². The van der Waals surface area contributed by atoms with E-state index in [1.807, 2.05) is 24.5 Å². The van der Waals surface area contributed by atoms with Crippen molar-refractivity contribution < 1.29 is 44.0 Å². The molecule has 5 heteroatoms. The van der Waals surface area contributed by atoms with Crippen LogP contribution in [-0.2, 0) is 19.2 Å². The normalized spacial score (nSPS) is 8.00. The predicted octanol–water partition coefficient (Wildman–Crippen LogP) is -5.62. The number of hydrogen-bond donors (Lipinski definition) is 2. The van der Waals surface area contributed by atoms with Crippen molar-refractivity contribution in [2.75, 3.05) is 0 Å². The molecule has 68 valence electrons. The van der Waals surface area contributed by atoms with Crippen LogP contribution in [0.5, 0.6) is 0 Å². The Morgan fingerprint density at radius 1 is 0.846 bits per heavy atom. The Balaban J connectivity index is 0.000000720. The van der Waals surface area contributed by atoms with Crippen molar-refractivity contribution in [3.05, 3.63) is 36.7 Å². The van der Waals surface area contributed by atoms with Gasteiger partial charge in [-0.2, -0.15) is 0 Å². The van der Waals surface area contributed by atoms with Gasteiger partial charge in [-0.15, -0.1) is 0 Å². The number of aromatic nitrogens is 2. The molecule has 0 fully saturated rings. The zero-order chi connectivity index (χ0) is 7.52. The van der Waals surface area contributed by atoms with Gasteiger partial charge in [-0.1, -0.05) is 0 Å². The number of halogens is 2. The van der Waals surface area contributed by atoms with Crippen LogP contribution in [0.4, 0.5) is 0 Å². The number of aromatic amines is 2. The minimum absolute atomic E-state index is 0. The fraction of sp³-hybridized carbons (Fsp3) is 0. The van der Waals surface area contributed by atoms with E-state index in [9.17, 15) is 0 Å². The summed E-state index contributed by atoms with van der Waals surface area (Å²) in [7, 11) is 0. The molecule has 0 aromatic carbocycles. The van der Waals surface area contributed by atoms with E-state index in [2.05, 4.69) is 22.1 Å². The van der Waals surface area contributed by atoms with Gasteiger partial charge in [0.2, 0.25) is 0 Å². The first-order valence-corrected chi connectivity index (χ1v) is 5.05. The topological polar surface area (TPSA) is 31.6 Å². The van der Waals surface area contributed by atoms with Gasteiger partial charge in [0.1, 0.15) is 0 Å². The fourth-order valence-electron chi connectivity index (χ4n) is 0.961. The molecule has 2 N–H and O–H groups in total. The summed E-state index contributed by atoms with van der Waals surface area (Å²) in [5.74, 6) is 0.